The van der Waals surface area contributed by atoms with Crippen molar-refractivity contribution in [2.45, 2.75) is 0 Å². The second-order valence-electron chi connectivity index (χ2n) is 4.37. The highest BCUT2D eigenvalue weighted by atomic mass is 19.1. The molecule has 0 bridgehead atoms. The molecule has 2 aromatic rings. The van der Waals surface area contributed by atoms with E-state index in [0.29, 0.717) is 28.7 Å². The Morgan fingerprint density at radius 3 is 2.00 bits per heavy atom. The van der Waals surface area contributed by atoms with Crippen LogP contribution in [0.25, 0.3) is 0 Å². The van der Waals surface area contributed by atoms with Gasteiger partial charge in [-0.1, -0.05) is 0 Å². The van der Waals surface area contributed by atoms with E-state index in [1.54, 1.807) is 18.2 Å². The summed E-state index contributed by atoms with van der Waals surface area (Å²) in [6.07, 6.45) is 0. The van der Waals surface area contributed by atoms with Crippen molar-refractivity contribution in [2.24, 2.45) is 5.73 Å². The molecule has 0 unspecified atom stereocenters. The molecule has 0 amide bonds. The monoisotopic (exact) mass is 323 g/mol. The lowest BCUT2D eigenvalue weighted by molar-refractivity contribution is 0.319. The molecule has 2 N–H and O–H groups in total. The highest BCUT2D eigenvalue weighted by Gasteiger charge is 2.15. The molecule has 0 atom stereocenters. The van der Waals surface area contributed by atoms with Gasteiger partial charge in [-0.3, -0.25) is 5.73 Å². The summed E-state index contributed by atoms with van der Waals surface area (Å²) in [5.74, 6) is 1.35. The number of benzene rings is 2. The van der Waals surface area contributed by atoms with E-state index in [1.807, 2.05) is 0 Å². The van der Waals surface area contributed by atoms with Gasteiger partial charge in [-0.05, 0) is 12.1 Å². The lowest BCUT2D eigenvalue weighted by Gasteiger charge is -2.15. The van der Waals surface area contributed by atoms with Crippen LogP contribution in [0.1, 0.15) is 0 Å². The van der Waals surface area contributed by atoms with E-state index in [2.05, 4.69) is 0 Å². The summed E-state index contributed by atoms with van der Waals surface area (Å²) >= 11 is 0. The zero-order valence-corrected chi connectivity index (χ0v) is 13.1. The van der Waals surface area contributed by atoms with E-state index >= 15 is 0 Å². The smallest absolute Gasteiger partial charge is 0.203 e. The molecule has 6 nitrogen and oxygen atoms in total. The van der Waals surface area contributed by atoms with Gasteiger partial charge in [-0.2, -0.15) is 0 Å². The minimum absolute atomic E-state index is 0.0312. The molecule has 0 aromatic heterocycles. The van der Waals surface area contributed by atoms with Crippen LogP contribution in [0.3, 0.4) is 0 Å². The largest absolute Gasteiger partial charge is 0.493 e. The number of ether oxygens (including phenoxy) is 5. The van der Waals surface area contributed by atoms with E-state index in [9.17, 15) is 4.39 Å². The van der Waals surface area contributed by atoms with Gasteiger partial charge in [0.15, 0.2) is 23.1 Å². The van der Waals surface area contributed by atoms with Crippen LogP contribution in [0.4, 0.5) is 4.39 Å². The maximum atomic E-state index is 14.0. The lowest BCUT2D eigenvalue weighted by Crippen LogP contribution is -2.07. The molecule has 0 aliphatic carbocycles. The number of halogens is 1. The third-order valence-electron chi connectivity index (χ3n) is 3.02. The fourth-order valence-corrected chi connectivity index (χ4v) is 1.99. The van der Waals surface area contributed by atoms with Gasteiger partial charge >= 0.3 is 0 Å². The van der Waals surface area contributed by atoms with Crippen molar-refractivity contribution in [3.63, 3.8) is 0 Å². The molecular weight excluding hydrogens is 305 g/mol. The quantitative estimate of drug-likeness (QED) is 0.790. The molecule has 0 spiro atoms. The van der Waals surface area contributed by atoms with Crippen LogP contribution in [-0.4, -0.2) is 28.1 Å². The van der Waals surface area contributed by atoms with Gasteiger partial charge in [0.1, 0.15) is 18.2 Å². The maximum absolute atomic E-state index is 14.0. The van der Waals surface area contributed by atoms with Crippen molar-refractivity contribution in [3.05, 3.63) is 36.1 Å². The first kappa shape index (κ1) is 16.7. The molecule has 0 saturated carbocycles. The average Bonchev–Trinajstić information content (AvgIpc) is 2.56. The van der Waals surface area contributed by atoms with Gasteiger partial charge < -0.3 is 23.7 Å². The number of hydrogen-bond acceptors (Lipinski definition) is 6. The third kappa shape index (κ3) is 3.75. The van der Waals surface area contributed by atoms with Gasteiger partial charge in [-0.15, -0.1) is 0 Å². The number of nitrogens with two attached hydrogens (primary N) is 1. The summed E-state index contributed by atoms with van der Waals surface area (Å²) in [5.41, 5.74) is 5.25. The molecule has 0 fully saturated rings. The highest BCUT2D eigenvalue weighted by molar-refractivity contribution is 5.56. The Hall–Kier alpha value is -2.67. The fraction of sp³-hybridized carbons (Fsp3) is 0.250. The molecule has 7 heteroatoms. The molecule has 0 aliphatic heterocycles. The Bertz CT molecular complexity index is 653. The van der Waals surface area contributed by atoms with Crippen LogP contribution < -0.4 is 29.4 Å². The average molecular weight is 323 g/mol. The first-order chi connectivity index (χ1) is 11.1. The van der Waals surface area contributed by atoms with Crippen molar-refractivity contribution >= 4 is 0 Å². The molecule has 0 radical (unpaired) electrons. The van der Waals surface area contributed by atoms with Crippen LogP contribution in [0.15, 0.2) is 30.3 Å². The summed E-state index contributed by atoms with van der Waals surface area (Å²) in [5, 5.41) is 0. The van der Waals surface area contributed by atoms with Gasteiger partial charge in [0, 0.05) is 18.2 Å². The predicted molar refractivity (Wildman–Crippen MR) is 82.3 cm³/mol. The first-order valence-corrected chi connectivity index (χ1v) is 6.73. The van der Waals surface area contributed by atoms with E-state index < -0.39 is 5.82 Å². The van der Waals surface area contributed by atoms with Crippen molar-refractivity contribution in [1.29, 1.82) is 0 Å². The number of hydrogen-bond donors (Lipinski definition) is 1. The van der Waals surface area contributed by atoms with Crippen molar-refractivity contribution in [1.82, 2.24) is 0 Å². The Morgan fingerprint density at radius 1 is 0.870 bits per heavy atom. The van der Waals surface area contributed by atoms with E-state index in [4.69, 9.17) is 29.4 Å². The third-order valence-corrected chi connectivity index (χ3v) is 3.02. The summed E-state index contributed by atoms with van der Waals surface area (Å²) in [7, 11) is 4.47. The van der Waals surface area contributed by atoms with Gasteiger partial charge in [0.25, 0.3) is 0 Å². The van der Waals surface area contributed by atoms with Gasteiger partial charge in [-0.25, -0.2) is 4.39 Å². The zero-order chi connectivity index (χ0) is 16.8. The minimum atomic E-state index is -0.579. The van der Waals surface area contributed by atoms with Crippen molar-refractivity contribution in [2.75, 3.05) is 28.1 Å². The van der Waals surface area contributed by atoms with Crippen molar-refractivity contribution in [3.8, 4) is 34.5 Å². The molecule has 0 heterocycles. The summed E-state index contributed by atoms with van der Waals surface area (Å²) in [6, 6.07) is 7.35. The molecule has 0 aliphatic rings. The van der Waals surface area contributed by atoms with Crippen LogP contribution in [-0.2, 0) is 0 Å². The number of methoxy groups -OCH3 is 3. The fourth-order valence-electron chi connectivity index (χ4n) is 1.99. The molecule has 0 saturated heterocycles. The maximum Gasteiger partial charge on any atom is 0.203 e. The van der Waals surface area contributed by atoms with Gasteiger partial charge in [0.2, 0.25) is 5.75 Å². The SMILES string of the molecule is COc1cc(Oc2ccc(OCN)cc2F)cc(OC)c1OC. The standard InChI is InChI=1S/C16H18FNO5/c1-19-14-7-11(8-15(20-2)16(14)21-3)23-13-5-4-10(22-9-18)6-12(13)17/h4-8H,9,18H2,1-3H3. The second kappa shape index (κ2) is 7.55. The van der Waals surface area contributed by atoms with Crippen LogP contribution in [0.5, 0.6) is 34.5 Å². The van der Waals surface area contributed by atoms with Crippen molar-refractivity contribution < 1.29 is 28.1 Å². The topological polar surface area (TPSA) is 72.2 Å². The second-order valence-corrected chi connectivity index (χ2v) is 4.37. The summed E-state index contributed by atoms with van der Waals surface area (Å²) in [6.45, 7) is -0.0352. The lowest BCUT2D eigenvalue weighted by atomic mass is 10.2. The van der Waals surface area contributed by atoms with Crippen LogP contribution in [0, 0.1) is 5.82 Å². The first-order valence-electron chi connectivity index (χ1n) is 6.73. The number of rotatable bonds is 7. The zero-order valence-electron chi connectivity index (χ0n) is 13.1. The molecular formula is C16H18FNO5. The summed E-state index contributed by atoms with van der Waals surface area (Å²) < 4.78 is 40.3. The van der Waals surface area contributed by atoms with Gasteiger partial charge in [0.05, 0.1) is 21.3 Å². The molecule has 124 valence electrons. The highest BCUT2D eigenvalue weighted by Crippen LogP contribution is 2.42. The van der Waals surface area contributed by atoms with E-state index in [1.165, 1.54) is 33.5 Å². The Labute approximate surface area is 133 Å². The van der Waals surface area contributed by atoms with E-state index in [-0.39, 0.29) is 12.5 Å². The normalized spacial score (nSPS) is 10.1. The minimum Gasteiger partial charge on any atom is -0.493 e. The Balaban J connectivity index is 2.33. The Morgan fingerprint density at radius 2 is 1.52 bits per heavy atom. The van der Waals surface area contributed by atoms with E-state index in [0.717, 1.165) is 0 Å². The molecule has 23 heavy (non-hydrogen) atoms. The van der Waals surface area contributed by atoms with Crippen LogP contribution >= 0.6 is 0 Å². The predicted octanol–water partition coefficient (Wildman–Crippen LogP) is 2.94. The Kier molecular flexibility index (Phi) is 5.48. The van der Waals surface area contributed by atoms with Crippen LogP contribution in [0.2, 0.25) is 0 Å². The molecule has 2 aromatic carbocycles. The molecule has 2 rings (SSSR count). The summed E-state index contributed by atoms with van der Waals surface area (Å²) in [4.78, 5) is 0.